The zero-order valence-corrected chi connectivity index (χ0v) is 26.3. The Morgan fingerprint density at radius 1 is 1.11 bits per heavy atom. The minimum atomic E-state index is -2.36. The predicted octanol–water partition coefficient (Wildman–Crippen LogP) is 5.72. The number of nitriles is 1. The van der Waals surface area contributed by atoms with Gasteiger partial charge in [-0.15, -0.1) is 0 Å². The highest BCUT2D eigenvalue weighted by Gasteiger charge is 2.79. The number of ketones is 1. The van der Waals surface area contributed by atoms with Crippen molar-refractivity contribution in [2.45, 2.75) is 110 Å². The van der Waals surface area contributed by atoms with Crippen LogP contribution in [0.15, 0.2) is 23.8 Å². The van der Waals surface area contributed by atoms with Gasteiger partial charge in [-0.3, -0.25) is 4.79 Å². The highest BCUT2D eigenvalue weighted by molar-refractivity contribution is 6.01. The number of aliphatic hydroxyl groups is 1. The number of halogens is 2. The summed E-state index contributed by atoms with van der Waals surface area (Å²) in [6, 6.07) is 1.77. The number of esters is 1. The van der Waals surface area contributed by atoms with Crippen molar-refractivity contribution in [2.24, 2.45) is 45.3 Å². The molecule has 1 unspecified atom stereocenters. The Morgan fingerprint density at radius 3 is 2.43 bits per heavy atom. The maximum absolute atomic E-state index is 17.6. The van der Waals surface area contributed by atoms with Gasteiger partial charge in [-0.05, 0) is 80.4 Å². The van der Waals surface area contributed by atoms with Crippen molar-refractivity contribution in [3.8, 4) is 6.07 Å². The van der Waals surface area contributed by atoms with Crippen LogP contribution in [0.1, 0.15) is 80.1 Å². The van der Waals surface area contributed by atoms with Crippen LogP contribution in [0.3, 0.4) is 0 Å². The van der Waals surface area contributed by atoms with Crippen LogP contribution < -0.4 is 0 Å². The third kappa shape index (κ3) is 3.59. The van der Waals surface area contributed by atoms with Crippen molar-refractivity contribution in [3.05, 3.63) is 23.8 Å². The topological polar surface area (TPSA) is 123 Å². The van der Waals surface area contributed by atoms with E-state index in [-0.39, 0.29) is 35.7 Å². The molecule has 5 fully saturated rings. The SMILES string of the molecule is C[C@@H]1C[C@H]2[C@@H]3C[C@H](F)C4=CC(=O)C=C[C@]4(C)[C@@]3(F)[C@@H](O)C[C@]2(C)[C@@]1(OC(=O)OC1C[C@@H]2CC[C@@]1(C)C2(C)C)C(=O)OCC#N. The molecule has 0 aromatic heterocycles. The highest BCUT2D eigenvalue weighted by atomic mass is 19.1. The van der Waals surface area contributed by atoms with E-state index in [0.29, 0.717) is 12.3 Å². The third-order valence-electron chi connectivity index (χ3n) is 13.9. The molecule has 10 heteroatoms. The fourth-order valence-electron chi connectivity index (χ4n) is 11.0. The summed E-state index contributed by atoms with van der Waals surface area (Å²) in [6.45, 7) is 10.7. The zero-order valence-electron chi connectivity index (χ0n) is 26.3. The molecular formula is C34H43F2NO7. The minimum Gasteiger partial charge on any atom is -0.447 e. The van der Waals surface area contributed by atoms with E-state index in [1.54, 1.807) is 19.9 Å². The van der Waals surface area contributed by atoms with Crippen LogP contribution in [0, 0.1) is 56.7 Å². The number of hydrogen-bond acceptors (Lipinski definition) is 8. The first-order valence-corrected chi connectivity index (χ1v) is 15.8. The summed E-state index contributed by atoms with van der Waals surface area (Å²) in [6.07, 6.45) is 1.02. The number of nitrogens with zero attached hydrogens (tertiary/aromatic N) is 1. The molecule has 8 nitrogen and oxygen atoms in total. The maximum atomic E-state index is 17.6. The second-order valence-corrected chi connectivity index (χ2v) is 15.5. The average molecular weight is 616 g/mol. The number of carbonyl (C=O) groups excluding carboxylic acids is 3. The van der Waals surface area contributed by atoms with E-state index < -0.39 is 82.7 Å². The van der Waals surface area contributed by atoms with Crippen molar-refractivity contribution in [1.29, 1.82) is 5.26 Å². The van der Waals surface area contributed by atoms with E-state index >= 15 is 8.78 Å². The largest absolute Gasteiger partial charge is 0.509 e. The molecule has 6 aliphatic rings. The number of aliphatic hydroxyl groups excluding tert-OH is 1. The fourth-order valence-corrected chi connectivity index (χ4v) is 11.0. The smallest absolute Gasteiger partial charge is 0.447 e. The van der Waals surface area contributed by atoms with Crippen LogP contribution in [0.5, 0.6) is 0 Å². The fraction of sp³-hybridized carbons (Fsp3) is 0.765. The van der Waals surface area contributed by atoms with Crippen LogP contribution >= 0.6 is 0 Å². The van der Waals surface area contributed by atoms with Gasteiger partial charge in [0.05, 0.1) is 6.10 Å². The Kier molecular flexibility index (Phi) is 6.81. The minimum absolute atomic E-state index is 0.000694. The summed E-state index contributed by atoms with van der Waals surface area (Å²) in [7, 11) is 0. The van der Waals surface area contributed by atoms with Gasteiger partial charge in [0.15, 0.2) is 18.1 Å². The van der Waals surface area contributed by atoms with E-state index in [0.717, 1.165) is 18.9 Å². The lowest BCUT2D eigenvalue weighted by molar-refractivity contribution is -0.234. The molecule has 240 valence electrons. The number of ether oxygens (including phenoxy) is 3. The number of allylic oxidation sites excluding steroid dienone is 4. The number of hydrogen-bond donors (Lipinski definition) is 1. The van der Waals surface area contributed by atoms with E-state index in [9.17, 15) is 24.8 Å². The van der Waals surface area contributed by atoms with Gasteiger partial charge in [-0.2, -0.15) is 5.26 Å². The Bertz CT molecular complexity index is 1400. The normalized spacial score (nSPS) is 49.7. The van der Waals surface area contributed by atoms with Gasteiger partial charge in [-0.25, -0.2) is 18.4 Å². The van der Waals surface area contributed by atoms with Crippen molar-refractivity contribution in [2.75, 3.05) is 6.61 Å². The molecule has 0 amide bonds. The lowest BCUT2D eigenvalue weighted by atomic mass is 9.44. The number of rotatable bonds is 4. The summed E-state index contributed by atoms with van der Waals surface area (Å²) in [5.74, 6) is -3.55. The molecule has 1 N–H and O–H groups in total. The molecule has 6 rings (SSSR count). The van der Waals surface area contributed by atoms with Crippen LogP contribution in [0.25, 0.3) is 0 Å². The van der Waals surface area contributed by atoms with Crippen molar-refractivity contribution >= 4 is 17.9 Å². The first-order chi connectivity index (χ1) is 20.4. The zero-order chi connectivity index (χ0) is 32.3. The molecule has 0 spiro atoms. The molecule has 5 saturated carbocycles. The molecule has 0 heterocycles. The van der Waals surface area contributed by atoms with Crippen LogP contribution in [0.4, 0.5) is 13.6 Å². The quantitative estimate of drug-likeness (QED) is 0.398. The summed E-state index contributed by atoms with van der Waals surface area (Å²) in [5.41, 5.74) is -7.70. The van der Waals surface area contributed by atoms with Gasteiger partial charge in [-0.1, -0.05) is 40.7 Å². The number of alkyl halides is 2. The Morgan fingerprint density at radius 2 is 1.82 bits per heavy atom. The average Bonchev–Trinajstić information content (AvgIpc) is 3.39. The van der Waals surface area contributed by atoms with E-state index in [4.69, 9.17) is 14.2 Å². The van der Waals surface area contributed by atoms with Gasteiger partial charge < -0.3 is 19.3 Å². The Hall–Kier alpha value is -2.80. The van der Waals surface area contributed by atoms with Crippen molar-refractivity contribution < 1.29 is 42.5 Å². The standard InChI is InChI=1S/C34H43F2NO7/c1-18-13-21-22-16-24(35)23-15-20(38)8-10-30(23,4)33(22,36)25(39)17-32(21,6)34(18,27(40)42-12-11-37)44-28(41)43-26-14-19-7-9-31(26,5)29(19,2)3/h8,10,15,18-19,21-22,24-26,39H,7,9,12-14,16-17H2,1-6H3/t18-,19+,21+,22+,24+,25+,26?,30+,31-,32+,33+,34+/m1/s1. The molecule has 0 aliphatic heterocycles. The maximum Gasteiger partial charge on any atom is 0.509 e. The Balaban J connectivity index is 1.38. The molecule has 0 radical (unpaired) electrons. The first-order valence-electron chi connectivity index (χ1n) is 15.8. The first kappa shape index (κ1) is 31.2. The van der Waals surface area contributed by atoms with E-state index in [2.05, 4.69) is 20.8 Å². The van der Waals surface area contributed by atoms with Gasteiger partial charge in [0.1, 0.15) is 18.3 Å². The van der Waals surface area contributed by atoms with Crippen LogP contribution in [0.2, 0.25) is 0 Å². The molecule has 44 heavy (non-hydrogen) atoms. The van der Waals surface area contributed by atoms with Crippen LogP contribution in [-0.4, -0.2) is 59.3 Å². The van der Waals surface area contributed by atoms with E-state index in [1.165, 1.54) is 19.1 Å². The molecule has 0 aromatic rings. The highest BCUT2D eigenvalue weighted by Crippen LogP contribution is 2.72. The van der Waals surface area contributed by atoms with Gasteiger partial charge >= 0.3 is 12.1 Å². The molecule has 2 bridgehead atoms. The molecule has 12 atom stereocenters. The monoisotopic (exact) mass is 615 g/mol. The Labute approximate surface area is 257 Å². The van der Waals surface area contributed by atoms with Crippen molar-refractivity contribution in [3.63, 3.8) is 0 Å². The summed E-state index contributed by atoms with van der Waals surface area (Å²) < 4.78 is 51.0. The second kappa shape index (κ2) is 9.60. The molecule has 6 aliphatic carbocycles. The van der Waals surface area contributed by atoms with E-state index in [1.807, 2.05) is 0 Å². The summed E-state index contributed by atoms with van der Waals surface area (Å²) >= 11 is 0. The summed E-state index contributed by atoms with van der Waals surface area (Å²) in [5, 5.41) is 20.9. The second-order valence-electron chi connectivity index (χ2n) is 15.5. The van der Waals surface area contributed by atoms with Crippen molar-refractivity contribution in [1.82, 2.24) is 0 Å². The predicted molar refractivity (Wildman–Crippen MR) is 153 cm³/mol. The number of fused-ring (bicyclic) bond motifs is 7. The van der Waals surface area contributed by atoms with Gasteiger partial charge in [0.25, 0.3) is 0 Å². The lowest BCUT2D eigenvalue weighted by Crippen LogP contribution is -2.71. The van der Waals surface area contributed by atoms with Gasteiger partial charge in [0, 0.05) is 28.1 Å². The molecule has 0 aromatic carbocycles. The lowest BCUT2D eigenvalue weighted by Gasteiger charge is -2.62. The summed E-state index contributed by atoms with van der Waals surface area (Å²) in [4.78, 5) is 39.9. The number of carbonyl (C=O) groups is 3. The third-order valence-corrected chi connectivity index (χ3v) is 13.9. The molecule has 0 saturated heterocycles. The van der Waals surface area contributed by atoms with Crippen LogP contribution in [-0.2, 0) is 23.8 Å². The van der Waals surface area contributed by atoms with Gasteiger partial charge in [0.2, 0.25) is 5.60 Å². The molecular weight excluding hydrogens is 572 g/mol.